The van der Waals surface area contributed by atoms with Crippen LogP contribution in [0, 0.1) is 0 Å². The molecule has 3 aliphatic heterocycles. The lowest BCUT2D eigenvalue weighted by atomic mass is 9.98. The van der Waals surface area contributed by atoms with Crippen LogP contribution in [0.2, 0.25) is 0 Å². The summed E-state index contributed by atoms with van der Waals surface area (Å²) in [6.45, 7) is 4.57. The fourth-order valence-corrected chi connectivity index (χ4v) is 3.90. The van der Waals surface area contributed by atoms with Crippen molar-refractivity contribution in [3.05, 3.63) is 18.5 Å². The Bertz CT molecular complexity index is 495. The van der Waals surface area contributed by atoms with Crippen molar-refractivity contribution in [2.75, 3.05) is 32.9 Å². The number of hydrogen-bond acceptors (Lipinski definition) is 6. The van der Waals surface area contributed by atoms with Crippen molar-refractivity contribution in [3.63, 3.8) is 0 Å². The van der Waals surface area contributed by atoms with Crippen LogP contribution in [0.15, 0.2) is 18.5 Å². The minimum Gasteiger partial charge on any atom is -0.458 e. The van der Waals surface area contributed by atoms with Gasteiger partial charge in [-0.25, -0.2) is 9.97 Å². The van der Waals surface area contributed by atoms with Crippen LogP contribution in [0.5, 0.6) is 6.01 Å². The summed E-state index contributed by atoms with van der Waals surface area (Å²) in [5, 5.41) is 0. The first-order valence-corrected chi connectivity index (χ1v) is 8.22. The Balaban J connectivity index is 1.34. The zero-order valence-electron chi connectivity index (χ0n) is 12.8. The Labute approximate surface area is 130 Å². The Morgan fingerprint density at radius 1 is 1.23 bits per heavy atom. The third kappa shape index (κ3) is 2.95. The molecule has 3 saturated heterocycles. The van der Waals surface area contributed by atoms with Crippen LogP contribution in [0.3, 0.4) is 0 Å². The largest absolute Gasteiger partial charge is 0.458 e. The maximum Gasteiger partial charge on any atom is 0.316 e. The van der Waals surface area contributed by atoms with Crippen molar-refractivity contribution in [2.24, 2.45) is 0 Å². The normalized spacial score (nSPS) is 33.5. The molecule has 4 rings (SSSR count). The van der Waals surface area contributed by atoms with Gasteiger partial charge in [0.05, 0.1) is 12.2 Å². The number of ether oxygens (including phenoxy) is 3. The van der Waals surface area contributed by atoms with E-state index in [4.69, 9.17) is 14.2 Å². The molecule has 3 fully saturated rings. The Hall–Kier alpha value is -1.24. The minimum atomic E-state index is -0.0300. The van der Waals surface area contributed by atoms with Gasteiger partial charge in [-0.2, -0.15) is 0 Å². The molecular weight excluding hydrogens is 282 g/mol. The zero-order chi connectivity index (χ0) is 14.8. The highest BCUT2D eigenvalue weighted by atomic mass is 16.6. The van der Waals surface area contributed by atoms with E-state index in [0.717, 1.165) is 52.0 Å². The van der Waals surface area contributed by atoms with Gasteiger partial charge in [-0.3, -0.25) is 4.90 Å². The summed E-state index contributed by atoms with van der Waals surface area (Å²) in [7, 11) is 0. The quantitative estimate of drug-likeness (QED) is 0.838. The number of hydrogen-bond donors (Lipinski definition) is 0. The van der Waals surface area contributed by atoms with E-state index in [0.29, 0.717) is 18.7 Å². The molecule has 6 nitrogen and oxygen atoms in total. The molecule has 22 heavy (non-hydrogen) atoms. The fraction of sp³-hybridized carbons (Fsp3) is 0.750. The first kappa shape index (κ1) is 14.4. The van der Waals surface area contributed by atoms with Gasteiger partial charge in [0, 0.05) is 51.2 Å². The zero-order valence-corrected chi connectivity index (χ0v) is 12.8. The average Bonchev–Trinajstić information content (AvgIpc) is 3.17. The first-order valence-electron chi connectivity index (χ1n) is 8.22. The highest BCUT2D eigenvalue weighted by Gasteiger charge is 2.47. The molecule has 1 aromatic heterocycles. The number of aromatic nitrogens is 2. The van der Waals surface area contributed by atoms with Gasteiger partial charge in [-0.05, 0) is 25.3 Å². The van der Waals surface area contributed by atoms with Crippen LogP contribution in [0.1, 0.15) is 25.7 Å². The molecule has 0 amide bonds. The topological polar surface area (TPSA) is 56.7 Å². The molecule has 6 heteroatoms. The van der Waals surface area contributed by atoms with Crippen molar-refractivity contribution >= 4 is 0 Å². The third-order valence-corrected chi connectivity index (χ3v) is 5.04. The Kier molecular flexibility index (Phi) is 3.98. The number of likely N-dealkylation sites (tertiary alicyclic amines) is 1. The molecule has 0 aliphatic carbocycles. The molecule has 0 bridgehead atoms. The molecule has 0 N–H and O–H groups in total. The maximum absolute atomic E-state index is 6.15. The molecule has 1 spiro atoms. The summed E-state index contributed by atoms with van der Waals surface area (Å²) in [4.78, 5) is 10.9. The van der Waals surface area contributed by atoms with Crippen molar-refractivity contribution in [1.29, 1.82) is 0 Å². The monoisotopic (exact) mass is 305 g/mol. The van der Waals surface area contributed by atoms with E-state index in [1.165, 1.54) is 0 Å². The van der Waals surface area contributed by atoms with E-state index in [9.17, 15) is 0 Å². The Morgan fingerprint density at radius 2 is 2.05 bits per heavy atom. The molecule has 1 aromatic rings. The van der Waals surface area contributed by atoms with Crippen LogP contribution in [-0.2, 0) is 9.47 Å². The molecule has 0 unspecified atom stereocenters. The molecule has 0 radical (unpaired) electrons. The summed E-state index contributed by atoms with van der Waals surface area (Å²) in [5.74, 6) is 0. The van der Waals surface area contributed by atoms with Crippen molar-refractivity contribution in [2.45, 2.75) is 43.4 Å². The minimum absolute atomic E-state index is 0.0300. The van der Waals surface area contributed by atoms with Gasteiger partial charge in [-0.15, -0.1) is 0 Å². The lowest BCUT2D eigenvalue weighted by Gasteiger charge is -2.32. The van der Waals surface area contributed by atoms with Gasteiger partial charge in [0.2, 0.25) is 0 Å². The maximum atomic E-state index is 6.15. The predicted octanol–water partition coefficient (Wildman–Crippen LogP) is 1.27. The van der Waals surface area contributed by atoms with E-state index in [2.05, 4.69) is 14.9 Å². The van der Waals surface area contributed by atoms with E-state index >= 15 is 0 Å². The van der Waals surface area contributed by atoms with Gasteiger partial charge in [-0.1, -0.05) is 0 Å². The molecule has 2 atom stereocenters. The third-order valence-electron chi connectivity index (χ3n) is 5.04. The molecule has 120 valence electrons. The molecule has 4 heterocycles. The number of rotatable bonds is 3. The highest BCUT2D eigenvalue weighted by molar-refractivity contribution is 5.02. The summed E-state index contributed by atoms with van der Waals surface area (Å²) >= 11 is 0. The van der Waals surface area contributed by atoms with Crippen LogP contribution in [0.4, 0.5) is 0 Å². The van der Waals surface area contributed by atoms with E-state index in [1.807, 2.05) is 0 Å². The second kappa shape index (κ2) is 6.10. The van der Waals surface area contributed by atoms with Crippen LogP contribution in [0.25, 0.3) is 0 Å². The standard InChI is InChI=1S/C16H23N3O3/c1-5-17-15(18-6-1)22-14-10-16(21-11-14)4-7-19(12-16)13-2-8-20-9-3-13/h1,5-6,13-14H,2-4,7-12H2/t14-,16-/m0/s1. The SMILES string of the molecule is c1cnc(O[C@@H]2CO[C@@]3(CCN(C4CCOCC4)C3)C2)nc1. The van der Waals surface area contributed by atoms with E-state index in [1.54, 1.807) is 18.5 Å². The first-order chi connectivity index (χ1) is 10.8. The van der Waals surface area contributed by atoms with Crippen molar-refractivity contribution in [1.82, 2.24) is 14.9 Å². The molecule has 0 aromatic carbocycles. The average molecular weight is 305 g/mol. The lowest BCUT2D eigenvalue weighted by Crippen LogP contribution is -2.41. The second-order valence-electron chi connectivity index (χ2n) is 6.53. The molecule has 3 aliphatic rings. The highest BCUT2D eigenvalue weighted by Crippen LogP contribution is 2.37. The predicted molar refractivity (Wildman–Crippen MR) is 79.8 cm³/mol. The van der Waals surface area contributed by atoms with E-state index < -0.39 is 0 Å². The molecule has 0 saturated carbocycles. The van der Waals surface area contributed by atoms with Crippen molar-refractivity contribution in [3.8, 4) is 6.01 Å². The van der Waals surface area contributed by atoms with E-state index in [-0.39, 0.29) is 11.7 Å². The van der Waals surface area contributed by atoms with Gasteiger partial charge in [0.15, 0.2) is 0 Å². The Morgan fingerprint density at radius 3 is 2.86 bits per heavy atom. The second-order valence-corrected chi connectivity index (χ2v) is 6.53. The summed E-state index contributed by atoms with van der Waals surface area (Å²) in [6, 6.07) is 2.91. The molecular formula is C16H23N3O3. The smallest absolute Gasteiger partial charge is 0.316 e. The van der Waals surface area contributed by atoms with Crippen LogP contribution in [-0.4, -0.2) is 65.5 Å². The summed E-state index contributed by atoms with van der Waals surface area (Å²) in [6.07, 6.45) is 7.80. The number of nitrogens with zero attached hydrogens (tertiary/aromatic N) is 3. The van der Waals surface area contributed by atoms with Gasteiger partial charge in [0.1, 0.15) is 6.10 Å². The van der Waals surface area contributed by atoms with Gasteiger partial charge < -0.3 is 14.2 Å². The van der Waals surface area contributed by atoms with Crippen molar-refractivity contribution < 1.29 is 14.2 Å². The van der Waals surface area contributed by atoms with Gasteiger partial charge >= 0.3 is 6.01 Å². The van der Waals surface area contributed by atoms with Gasteiger partial charge in [0.25, 0.3) is 0 Å². The lowest BCUT2D eigenvalue weighted by molar-refractivity contribution is -0.00468. The van der Waals surface area contributed by atoms with Crippen LogP contribution >= 0.6 is 0 Å². The fourth-order valence-electron chi connectivity index (χ4n) is 3.90. The van der Waals surface area contributed by atoms with Crippen LogP contribution < -0.4 is 4.74 Å². The summed E-state index contributed by atoms with van der Waals surface area (Å²) < 4.78 is 17.5. The summed E-state index contributed by atoms with van der Waals surface area (Å²) in [5.41, 5.74) is -0.0300.